The SMILES string of the molecule is O=C(Nc1cccc(S(=O)(=O)N2CCOCC2)c1)c1ccccc1N1CCCC1=O. The second-order valence-corrected chi connectivity index (χ2v) is 9.10. The average molecular weight is 429 g/mol. The first-order valence-corrected chi connectivity index (χ1v) is 11.3. The number of nitrogens with one attached hydrogen (secondary N) is 1. The van der Waals surface area contributed by atoms with Crippen LogP contribution in [0.5, 0.6) is 0 Å². The number of anilines is 2. The molecule has 2 heterocycles. The van der Waals surface area contributed by atoms with Crippen LogP contribution >= 0.6 is 0 Å². The number of nitrogens with zero attached hydrogens (tertiary/aromatic N) is 2. The second-order valence-electron chi connectivity index (χ2n) is 7.16. The van der Waals surface area contributed by atoms with Crippen molar-refractivity contribution in [1.82, 2.24) is 4.31 Å². The first-order valence-electron chi connectivity index (χ1n) is 9.85. The summed E-state index contributed by atoms with van der Waals surface area (Å²) in [5.74, 6) is -0.403. The maximum atomic E-state index is 12.9. The lowest BCUT2D eigenvalue weighted by molar-refractivity contribution is -0.117. The average Bonchev–Trinajstić information content (AvgIpc) is 3.20. The number of hydrogen-bond acceptors (Lipinski definition) is 5. The number of ether oxygens (including phenoxy) is 1. The maximum absolute atomic E-state index is 12.9. The highest BCUT2D eigenvalue weighted by Crippen LogP contribution is 2.27. The summed E-state index contributed by atoms with van der Waals surface area (Å²) in [5, 5.41) is 2.77. The van der Waals surface area contributed by atoms with Gasteiger partial charge in [0, 0.05) is 31.7 Å². The summed E-state index contributed by atoms with van der Waals surface area (Å²) < 4.78 is 32.4. The summed E-state index contributed by atoms with van der Waals surface area (Å²) in [6.45, 7) is 1.91. The van der Waals surface area contributed by atoms with E-state index in [-0.39, 0.29) is 10.8 Å². The molecule has 2 aliphatic rings. The molecule has 0 spiro atoms. The third-order valence-electron chi connectivity index (χ3n) is 5.21. The zero-order chi connectivity index (χ0) is 21.1. The number of hydrogen-bond donors (Lipinski definition) is 1. The number of carbonyl (C=O) groups excluding carboxylic acids is 2. The van der Waals surface area contributed by atoms with Gasteiger partial charge in [0.05, 0.1) is 29.4 Å². The first-order chi connectivity index (χ1) is 14.5. The van der Waals surface area contributed by atoms with Crippen LogP contribution in [0, 0.1) is 0 Å². The molecule has 2 aliphatic heterocycles. The van der Waals surface area contributed by atoms with Crippen molar-refractivity contribution >= 4 is 33.2 Å². The number of morpholine rings is 1. The van der Waals surface area contributed by atoms with E-state index in [4.69, 9.17) is 4.74 Å². The maximum Gasteiger partial charge on any atom is 0.257 e. The van der Waals surface area contributed by atoms with Gasteiger partial charge in [-0.1, -0.05) is 18.2 Å². The summed E-state index contributed by atoms with van der Waals surface area (Å²) in [6.07, 6.45) is 1.23. The van der Waals surface area contributed by atoms with Gasteiger partial charge in [0.1, 0.15) is 0 Å². The van der Waals surface area contributed by atoms with Crippen molar-refractivity contribution in [2.75, 3.05) is 43.1 Å². The van der Waals surface area contributed by atoms with Crippen molar-refractivity contribution in [2.45, 2.75) is 17.7 Å². The van der Waals surface area contributed by atoms with Gasteiger partial charge in [-0.25, -0.2) is 8.42 Å². The molecule has 0 aliphatic carbocycles. The fourth-order valence-electron chi connectivity index (χ4n) is 3.67. The molecule has 2 aromatic carbocycles. The highest BCUT2D eigenvalue weighted by Gasteiger charge is 2.28. The highest BCUT2D eigenvalue weighted by molar-refractivity contribution is 7.89. The van der Waals surface area contributed by atoms with Crippen LogP contribution < -0.4 is 10.2 Å². The fraction of sp³-hybridized carbons (Fsp3) is 0.333. The summed E-state index contributed by atoms with van der Waals surface area (Å²) in [4.78, 5) is 26.8. The molecule has 8 nitrogen and oxygen atoms in total. The molecule has 0 saturated carbocycles. The van der Waals surface area contributed by atoms with Crippen LogP contribution in [0.25, 0.3) is 0 Å². The molecular formula is C21H23N3O5S. The predicted octanol–water partition coefficient (Wildman–Crippen LogP) is 2.09. The van der Waals surface area contributed by atoms with Crippen LogP contribution in [0.1, 0.15) is 23.2 Å². The van der Waals surface area contributed by atoms with Gasteiger partial charge in [-0.3, -0.25) is 9.59 Å². The monoisotopic (exact) mass is 429 g/mol. The Hall–Kier alpha value is -2.75. The molecule has 2 aromatic rings. The Morgan fingerprint density at radius 1 is 1.00 bits per heavy atom. The summed E-state index contributed by atoms with van der Waals surface area (Å²) >= 11 is 0. The molecule has 9 heteroatoms. The molecule has 2 fully saturated rings. The molecule has 158 valence electrons. The largest absolute Gasteiger partial charge is 0.379 e. The molecule has 0 atom stereocenters. The van der Waals surface area contributed by atoms with Gasteiger partial charge >= 0.3 is 0 Å². The van der Waals surface area contributed by atoms with Gasteiger partial charge in [0.25, 0.3) is 5.91 Å². The molecule has 0 radical (unpaired) electrons. The zero-order valence-corrected chi connectivity index (χ0v) is 17.2. The molecule has 0 aromatic heterocycles. The van der Waals surface area contributed by atoms with Gasteiger partial charge in [-0.05, 0) is 36.8 Å². The van der Waals surface area contributed by atoms with E-state index in [0.29, 0.717) is 56.2 Å². The van der Waals surface area contributed by atoms with E-state index in [1.165, 1.54) is 16.4 Å². The van der Waals surface area contributed by atoms with Crippen LogP contribution in [0.2, 0.25) is 0 Å². The summed E-state index contributed by atoms with van der Waals surface area (Å²) in [5.41, 5.74) is 1.31. The van der Waals surface area contributed by atoms with Gasteiger partial charge in [0.15, 0.2) is 0 Å². The van der Waals surface area contributed by atoms with Crippen LogP contribution in [-0.4, -0.2) is 57.4 Å². The van der Waals surface area contributed by atoms with E-state index in [1.807, 2.05) is 0 Å². The number of carbonyl (C=O) groups is 2. The van der Waals surface area contributed by atoms with Crippen LogP contribution in [0.4, 0.5) is 11.4 Å². The summed E-state index contributed by atoms with van der Waals surface area (Å²) in [6, 6.07) is 13.1. The fourth-order valence-corrected chi connectivity index (χ4v) is 5.13. The number of rotatable bonds is 5. The van der Waals surface area contributed by atoms with E-state index in [1.54, 1.807) is 41.3 Å². The second kappa shape index (κ2) is 8.55. The third-order valence-corrected chi connectivity index (χ3v) is 7.11. The van der Waals surface area contributed by atoms with Gasteiger partial charge in [0.2, 0.25) is 15.9 Å². The Bertz CT molecular complexity index is 1060. The third kappa shape index (κ3) is 4.09. The standard InChI is InChI=1S/C21H23N3O5S/c25-20-9-4-10-24(20)19-8-2-1-7-18(19)21(26)22-16-5-3-6-17(15-16)30(27,28)23-11-13-29-14-12-23/h1-3,5-8,15H,4,9-14H2,(H,22,26). The minimum Gasteiger partial charge on any atom is -0.379 e. The van der Waals surface area contributed by atoms with E-state index < -0.39 is 15.9 Å². The quantitative estimate of drug-likeness (QED) is 0.785. The molecule has 0 unspecified atom stereocenters. The van der Waals surface area contributed by atoms with Crippen molar-refractivity contribution in [2.24, 2.45) is 0 Å². The van der Waals surface area contributed by atoms with Crippen molar-refractivity contribution in [1.29, 1.82) is 0 Å². The lowest BCUT2D eigenvalue weighted by Gasteiger charge is -2.26. The molecule has 2 saturated heterocycles. The van der Waals surface area contributed by atoms with Crippen molar-refractivity contribution in [3.05, 3.63) is 54.1 Å². The number of benzene rings is 2. The molecule has 2 amide bonds. The van der Waals surface area contributed by atoms with Crippen LogP contribution in [-0.2, 0) is 19.6 Å². The van der Waals surface area contributed by atoms with Crippen molar-refractivity contribution < 1.29 is 22.7 Å². The van der Waals surface area contributed by atoms with Crippen LogP contribution in [0.3, 0.4) is 0 Å². The van der Waals surface area contributed by atoms with E-state index in [2.05, 4.69) is 5.32 Å². The Labute approximate surface area is 175 Å². The molecule has 1 N–H and O–H groups in total. The minimum absolute atomic E-state index is 0.00569. The number of sulfonamides is 1. The Kier molecular flexibility index (Phi) is 5.85. The van der Waals surface area contributed by atoms with Gasteiger partial charge < -0.3 is 15.0 Å². The smallest absolute Gasteiger partial charge is 0.257 e. The Morgan fingerprint density at radius 2 is 1.77 bits per heavy atom. The lowest BCUT2D eigenvalue weighted by atomic mass is 10.1. The van der Waals surface area contributed by atoms with E-state index in [9.17, 15) is 18.0 Å². The van der Waals surface area contributed by atoms with Crippen LogP contribution in [0.15, 0.2) is 53.4 Å². The summed E-state index contributed by atoms with van der Waals surface area (Å²) in [7, 11) is -3.66. The minimum atomic E-state index is -3.66. The normalized spacial score (nSPS) is 17.9. The van der Waals surface area contributed by atoms with E-state index >= 15 is 0 Å². The number of amides is 2. The predicted molar refractivity (Wildman–Crippen MR) is 112 cm³/mol. The Morgan fingerprint density at radius 3 is 2.50 bits per heavy atom. The van der Waals surface area contributed by atoms with E-state index in [0.717, 1.165) is 6.42 Å². The molecule has 4 rings (SSSR count). The topological polar surface area (TPSA) is 96.0 Å². The highest BCUT2D eigenvalue weighted by atomic mass is 32.2. The first kappa shape index (κ1) is 20.5. The molecule has 0 bridgehead atoms. The molecular weight excluding hydrogens is 406 g/mol. The zero-order valence-electron chi connectivity index (χ0n) is 16.4. The van der Waals surface area contributed by atoms with Gasteiger partial charge in [-0.15, -0.1) is 0 Å². The number of para-hydroxylation sites is 1. The lowest BCUT2D eigenvalue weighted by Crippen LogP contribution is -2.40. The van der Waals surface area contributed by atoms with Crippen molar-refractivity contribution in [3.8, 4) is 0 Å². The molecule has 30 heavy (non-hydrogen) atoms. The van der Waals surface area contributed by atoms with Crippen molar-refractivity contribution in [3.63, 3.8) is 0 Å². The Balaban J connectivity index is 1.57. The van der Waals surface area contributed by atoms with Gasteiger partial charge in [-0.2, -0.15) is 4.31 Å².